The summed E-state index contributed by atoms with van der Waals surface area (Å²) in [5, 5.41) is 0. The van der Waals surface area contributed by atoms with Gasteiger partial charge < -0.3 is 4.12 Å². The van der Waals surface area contributed by atoms with Gasteiger partial charge in [-0.2, -0.15) is 0 Å². The first-order valence-electron chi connectivity index (χ1n) is 6.53. The maximum Gasteiger partial charge on any atom is 0.173 e. The molecule has 0 aromatic heterocycles. The van der Waals surface area contributed by atoms with Crippen molar-refractivity contribution >= 4 is 16.6 Å². The Bertz CT molecular complexity index is 150. The normalized spacial score (nSPS) is 11.6. The molecule has 1 nitrogen and oxygen atoms in total. The van der Waals surface area contributed by atoms with E-state index in [0.717, 1.165) is 0 Å². The van der Waals surface area contributed by atoms with Crippen molar-refractivity contribution in [3.63, 3.8) is 0 Å². The summed E-state index contributed by atoms with van der Waals surface area (Å²) in [5.74, 6) is 0. The molecule has 0 N–H and O–H groups in total. The second-order valence-electron chi connectivity index (χ2n) is 5.83. The molecule has 3 heteroatoms. The monoisotopic (exact) mass is 278 g/mol. The van der Waals surface area contributed by atoms with Gasteiger partial charge in [-0.15, -0.1) is 0 Å². The Hall–Kier alpha value is 0.394. The van der Waals surface area contributed by atoms with Crippen molar-refractivity contribution in [3.8, 4) is 0 Å². The highest BCUT2D eigenvalue weighted by molar-refractivity contribution is 6.84. The maximum atomic E-state index is 6.51. The molecule has 0 bridgehead atoms. The molecular weight excluding hydrogens is 240 g/mol. The highest BCUT2D eigenvalue weighted by Crippen LogP contribution is 2.24. The first kappa shape index (κ1) is 22.6. The molecule has 0 rings (SSSR count). The van der Waals surface area contributed by atoms with Crippen LogP contribution in [-0.2, 0) is 4.12 Å². The number of hydrogen-bond donors (Lipinski definition) is 0. The third-order valence-corrected chi connectivity index (χ3v) is 10.4. The van der Waals surface area contributed by atoms with Gasteiger partial charge in [0.15, 0.2) is 16.6 Å². The van der Waals surface area contributed by atoms with E-state index in [9.17, 15) is 0 Å². The average Bonchev–Trinajstić information content (AvgIpc) is 2.10. The zero-order valence-electron chi connectivity index (χ0n) is 11.7. The van der Waals surface area contributed by atoms with Crippen LogP contribution in [0, 0.1) is 0 Å². The van der Waals surface area contributed by atoms with Gasteiger partial charge in [-0.1, -0.05) is 54.4 Å². The molecule has 0 amide bonds. The molecule has 17 heavy (non-hydrogen) atoms. The SMILES string of the molecule is C.C.CCCC[Si](C)(C)O[Si](C)(C)CCCC. The fourth-order valence-corrected chi connectivity index (χ4v) is 11.3. The summed E-state index contributed by atoms with van der Waals surface area (Å²) in [6.07, 6.45) is 5.29. The average molecular weight is 279 g/mol. The van der Waals surface area contributed by atoms with Crippen LogP contribution in [0.15, 0.2) is 0 Å². The molecule has 0 aliphatic carbocycles. The minimum absolute atomic E-state index is 0. The first-order valence-corrected chi connectivity index (χ1v) is 12.8. The second kappa shape index (κ2) is 10.3. The van der Waals surface area contributed by atoms with E-state index in [1.165, 1.54) is 37.8 Å². The molecule has 0 saturated carbocycles. The van der Waals surface area contributed by atoms with Crippen molar-refractivity contribution < 1.29 is 4.12 Å². The molecule has 0 aliphatic rings. The Morgan fingerprint density at radius 2 is 1.00 bits per heavy atom. The molecule has 0 saturated heterocycles. The molecule has 0 aromatic rings. The second-order valence-corrected chi connectivity index (χ2v) is 14.7. The fraction of sp³-hybridized carbons (Fsp3) is 1.00. The van der Waals surface area contributed by atoms with Crippen molar-refractivity contribution in [2.45, 2.75) is 92.7 Å². The van der Waals surface area contributed by atoms with Gasteiger partial charge in [0.05, 0.1) is 0 Å². The number of unbranched alkanes of at least 4 members (excludes halogenated alkanes) is 2. The van der Waals surface area contributed by atoms with Gasteiger partial charge in [-0.25, -0.2) is 0 Å². The summed E-state index contributed by atoms with van der Waals surface area (Å²) in [6.45, 7) is 14.1. The van der Waals surface area contributed by atoms with Crippen LogP contribution < -0.4 is 0 Å². The van der Waals surface area contributed by atoms with Crippen molar-refractivity contribution in [2.75, 3.05) is 0 Å². The van der Waals surface area contributed by atoms with E-state index in [2.05, 4.69) is 40.0 Å². The summed E-state index contributed by atoms with van der Waals surface area (Å²) in [5.41, 5.74) is 0. The minimum Gasteiger partial charge on any atom is -0.455 e. The number of rotatable bonds is 8. The van der Waals surface area contributed by atoms with Crippen LogP contribution in [-0.4, -0.2) is 16.6 Å². The molecule has 108 valence electrons. The van der Waals surface area contributed by atoms with E-state index in [4.69, 9.17) is 4.12 Å². The van der Waals surface area contributed by atoms with E-state index < -0.39 is 16.6 Å². The molecule has 0 spiro atoms. The largest absolute Gasteiger partial charge is 0.455 e. The van der Waals surface area contributed by atoms with Crippen LogP contribution >= 0.6 is 0 Å². The Morgan fingerprint density at radius 3 is 1.24 bits per heavy atom. The molecule has 0 fully saturated rings. The van der Waals surface area contributed by atoms with Crippen LogP contribution in [0.25, 0.3) is 0 Å². The van der Waals surface area contributed by atoms with E-state index in [1.54, 1.807) is 0 Å². The van der Waals surface area contributed by atoms with Crippen molar-refractivity contribution in [3.05, 3.63) is 0 Å². The van der Waals surface area contributed by atoms with Gasteiger partial charge >= 0.3 is 0 Å². The van der Waals surface area contributed by atoms with Crippen LogP contribution in [0.4, 0.5) is 0 Å². The molecule has 0 heterocycles. The predicted molar refractivity (Wildman–Crippen MR) is 88.9 cm³/mol. The molecule has 0 unspecified atom stereocenters. The van der Waals surface area contributed by atoms with Gasteiger partial charge in [-0.3, -0.25) is 0 Å². The maximum absolute atomic E-state index is 6.51. The van der Waals surface area contributed by atoms with Crippen molar-refractivity contribution in [2.24, 2.45) is 0 Å². The Kier molecular flexibility index (Phi) is 13.7. The fourth-order valence-electron chi connectivity index (χ4n) is 2.06. The van der Waals surface area contributed by atoms with Crippen molar-refractivity contribution in [1.29, 1.82) is 0 Å². The van der Waals surface area contributed by atoms with Gasteiger partial charge in [-0.05, 0) is 38.3 Å². The van der Waals surface area contributed by atoms with Gasteiger partial charge in [0.2, 0.25) is 0 Å². The highest BCUT2D eigenvalue weighted by Gasteiger charge is 2.31. The lowest BCUT2D eigenvalue weighted by Crippen LogP contribution is -2.44. The summed E-state index contributed by atoms with van der Waals surface area (Å²) in [6, 6.07) is 2.68. The third kappa shape index (κ3) is 12.6. The topological polar surface area (TPSA) is 9.23 Å². The summed E-state index contributed by atoms with van der Waals surface area (Å²) in [4.78, 5) is 0. The molecular formula is C14H38OSi2. The Labute approximate surface area is 114 Å². The van der Waals surface area contributed by atoms with Crippen LogP contribution in [0.5, 0.6) is 0 Å². The lowest BCUT2D eigenvalue weighted by atomic mass is 10.4. The van der Waals surface area contributed by atoms with Gasteiger partial charge in [0.25, 0.3) is 0 Å². The van der Waals surface area contributed by atoms with E-state index in [1.807, 2.05) is 0 Å². The molecule has 0 aliphatic heterocycles. The van der Waals surface area contributed by atoms with Crippen LogP contribution in [0.2, 0.25) is 38.3 Å². The van der Waals surface area contributed by atoms with Crippen molar-refractivity contribution in [1.82, 2.24) is 0 Å². The smallest absolute Gasteiger partial charge is 0.173 e. The lowest BCUT2D eigenvalue weighted by Gasteiger charge is -2.34. The van der Waals surface area contributed by atoms with Gasteiger partial charge in [0, 0.05) is 0 Å². The van der Waals surface area contributed by atoms with E-state index in [-0.39, 0.29) is 14.9 Å². The molecule has 0 radical (unpaired) electrons. The third-order valence-electron chi connectivity index (χ3n) is 2.82. The Balaban J connectivity index is -0.000000980. The standard InChI is InChI=1S/C12H30OSi2.2CH4/c1-7-9-11-14(3,4)13-15(5,6)12-10-8-2;;/h7-12H2,1-6H3;2*1H4. The molecule has 0 aromatic carbocycles. The van der Waals surface area contributed by atoms with Gasteiger partial charge in [0.1, 0.15) is 0 Å². The number of hydrogen-bond acceptors (Lipinski definition) is 1. The van der Waals surface area contributed by atoms with E-state index >= 15 is 0 Å². The molecule has 0 atom stereocenters. The van der Waals surface area contributed by atoms with Crippen LogP contribution in [0.3, 0.4) is 0 Å². The predicted octanol–water partition coefficient (Wildman–Crippen LogP) is 6.29. The summed E-state index contributed by atoms with van der Waals surface area (Å²) in [7, 11) is -2.70. The summed E-state index contributed by atoms with van der Waals surface area (Å²) >= 11 is 0. The van der Waals surface area contributed by atoms with E-state index in [0.29, 0.717) is 0 Å². The summed E-state index contributed by atoms with van der Waals surface area (Å²) < 4.78 is 6.51. The first-order chi connectivity index (χ1) is 6.83. The lowest BCUT2D eigenvalue weighted by molar-refractivity contribution is 0.529. The quantitative estimate of drug-likeness (QED) is 0.474. The highest BCUT2D eigenvalue weighted by atomic mass is 28.4. The zero-order valence-corrected chi connectivity index (χ0v) is 13.7. The zero-order chi connectivity index (χ0) is 11.9. The minimum atomic E-state index is -1.35. The van der Waals surface area contributed by atoms with Crippen LogP contribution in [0.1, 0.15) is 54.4 Å². The Morgan fingerprint density at radius 1 is 0.706 bits per heavy atom.